The van der Waals surface area contributed by atoms with E-state index in [-0.39, 0.29) is 12.5 Å². The molecule has 1 N–H and O–H groups in total. The van der Waals surface area contributed by atoms with Crippen LogP contribution in [0, 0.1) is 6.92 Å². The van der Waals surface area contributed by atoms with Crippen LogP contribution in [0.15, 0.2) is 34.2 Å². The fourth-order valence-corrected chi connectivity index (χ4v) is 4.09. The van der Waals surface area contributed by atoms with Gasteiger partial charge < -0.3 is 14.8 Å². The maximum atomic E-state index is 12.2. The number of hydrogen-bond donors (Lipinski definition) is 1. The average Bonchev–Trinajstić information content (AvgIpc) is 3.23. The largest absolute Gasteiger partial charge is 0.465 e. The van der Waals surface area contributed by atoms with E-state index in [0.717, 1.165) is 16.9 Å². The van der Waals surface area contributed by atoms with E-state index in [1.165, 1.54) is 18.9 Å². The summed E-state index contributed by atoms with van der Waals surface area (Å²) in [5.74, 6) is -1.15. The molecule has 0 bridgehead atoms. The molecule has 1 aromatic heterocycles. The molecule has 10 heteroatoms. The number of amides is 1. The van der Waals surface area contributed by atoms with Crippen LogP contribution >= 0.6 is 23.1 Å². The third-order valence-electron chi connectivity index (χ3n) is 3.72. The fourth-order valence-electron chi connectivity index (χ4n) is 2.37. The van der Waals surface area contributed by atoms with Gasteiger partial charge in [0.15, 0.2) is 5.17 Å². The summed E-state index contributed by atoms with van der Waals surface area (Å²) in [4.78, 5) is 45.0. The third-order valence-corrected chi connectivity index (χ3v) is 5.66. The fraction of sp³-hybridized carbons (Fsp3) is 0.211. The molecule has 1 aromatic carbocycles. The van der Waals surface area contributed by atoms with E-state index in [1.54, 1.807) is 44.2 Å². The number of aryl methyl sites for hydroxylation is 1. The predicted octanol–water partition coefficient (Wildman–Crippen LogP) is 3.31. The number of carbonyl (C=O) groups is 3. The first-order valence-corrected chi connectivity index (χ1v) is 10.2. The van der Waals surface area contributed by atoms with E-state index >= 15 is 0 Å². The summed E-state index contributed by atoms with van der Waals surface area (Å²) in [6.45, 7) is 3.72. The zero-order valence-electron chi connectivity index (χ0n) is 15.8. The van der Waals surface area contributed by atoms with Crippen molar-refractivity contribution < 1.29 is 23.9 Å². The topological polar surface area (TPSA) is 107 Å². The number of esters is 2. The van der Waals surface area contributed by atoms with Crippen molar-refractivity contribution in [2.24, 2.45) is 4.99 Å². The molecule has 1 aliphatic heterocycles. The zero-order valence-corrected chi connectivity index (χ0v) is 17.5. The summed E-state index contributed by atoms with van der Waals surface area (Å²) < 4.78 is 9.66. The van der Waals surface area contributed by atoms with Crippen molar-refractivity contribution in [2.45, 2.75) is 13.8 Å². The van der Waals surface area contributed by atoms with Crippen LogP contribution in [0.1, 0.15) is 38.2 Å². The van der Waals surface area contributed by atoms with Crippen molar-refractivity contribution in [2.75, 3.05) is 13.7 Å². The predicted molar refractivity (Wildman–Crippen MR) is 111 cm³/mol. The number of carbonyl (C=O) groups excluding carboxylic acids is 3. The minimum absolute atomic E-state index is 0.278. The number of aromatic nitrogens is 1. The van der Waals surface area contributed by atoms with Crippen LogP contribution in [-0.2, 0) is 14.3 Å². The Balaban J connectivity index is 1.76. The van der Waals surface area contributed by atoms with Gasteiger partial charge in [0.1, 0.15) is 4.88 Å². The number of ether oxygens (including phenoxy) is 2. The highest BCUT2D eigenvalue weighted by Crippen LogP contribution is 2.31. The number of benzene rings is 1. The molecule has 0 unspecified atom stereocenters. The molecule has 0 saturated carbocycles. The number of hydrogen-bond acceptors (Lipinski definition) is 9. The van der Waals surface area contributed by atoms with Crippen LogP contribution < -0.4 is 5.32 Å². The molecule has 1 aliphatic rings. The Morgan fingerprint density at radius 3 is 2.62 bits per heavy atom. The van der Waals surface area contributed by atoms with Crippen molar-refractivity contribution in [3.8, 4) is 0 Å². The van der Waals surface area contributed by atoms with Crippen molar-refractivity contribution >= 4 is 57.3 Å². The van der Waals surface area contributed by atoms with E-state index < -0.39 is 11.9 Å². The van der Waals surface area contributed by atoms with Gasteiger partial charge in [0.25, 0.3) is 5.91 Å². The summed E-state index contributed by atoms with van der Waals surface area (Å²) in [7, 11) is 1.32. The highest BCUT2D eigenvalue weighted by Gasteiger charge is 2.25. The smallest absolute Gasteiger partial charge is 0.350 e. The standard InChI is InChI=1S/C19H17N3O5S2/c1-4-27-17(25)14-10(2)20-18(29-14)22-19-21-15(23)13(28-19)9-11-5-7-12(8-6-11)16(24)26-3/h5-9H,4H2,1-3H3,(H,20,21,22,23)/b13-9-. The Kier molecular flexibility index (Phi) is 6.45. The molecule has 0 atom stereocenters. The first-order valence-electron chi connectivity index (χ1n) is 8.53. The molecule has 8 nitrogen and oxygen atoms in total. The summed E-state index contributed by atoms with van der Waals surface area (Å²) in [5, 5.41) is 3.41. The summed E-state index contributed by atoms with van der Waals surface area (Å²) in [6.07, 6.45) is 1.70. The maximum Gasteiger partial charge on any atom is 0.350 e. The second-order valence-corrected chi connectivity index (χ2v) is 7.73. The number of thioether (sulfide) groups is 1. The molecule has 2 aromatic rings. The maximum absolute atomic E-state index is 12.2. The lowest BCUT2D eigenvalue weighted by Gasteiger charge is -1.99. The molecule has 0 radical (unpaired) electrons. The lowest BCUT2D eigenvalue weighted by molar-refractivity contribution is -0.115. The molecule has 0 aliphatic carbocycles. The number of aliphatic imine (C=N–C) groups is 1. The minimum Gasteiger partial charge on any atom is -0.465 e. The van der Waals surface area contributed by atoms with E-state index in [9.17, 15) is 14.4 Å². The molecule has 2 heterocycles. The molecule has 1 saturated heterocycles. The first-order chi connectivity index (χ1) is 13.9. The van der Waals surface area contributed by atoms with Crippen molar-refractivity contribution in [1.82, 2.24) is 10.3 Å². The molecule has 1 fully saturated rings. The second-order valence-electron chi connectivity index (χ2n) is 5.73. The monoisotopic (exact) mass is 431 g/mol. The number of amidine groups is 1. The first kappa shape index (κ1) is 20.7. The minimum atomic E-state index is -0.437. The zero-order chi connectivity index (χ0) is 21.0. The van der Waals surface area contributed by atoms with Crippen molar-refractivity contribution in [1.29, 1.82) is 0 Å². The average molecular weight is 431 g/mol. The van der Waals surface area contributed by atoms with Crippen molar-refractivity contribution in [3.63, 3.8) is 0 Å². The molecular formula is C19H17N3O5S2. The van der Waals surface area contributed by atoms with Gasteiger partial charge in [0, 0.05) is 0 Å². The SMILES string of the molecule is CCOC(=O)c1sc(/N=C2\NC(=O)/C(=C/c3ccc(C(=O)OC)cc3)S2)nc1C. The van der Waals surface area contributed by atoms with Crippen LogP contribution in [-0.4, -0.2) is 41.7 Å². The van der Waals surface area contributed by atoms with Gasteiger partial charge in [-0.3, -0.25) is 4.79 Å². The van der Waals surface area contributed by atoms with E-state index in [1.807, 2.05) is 0 Å². The van der Waals surface area contributed by atoms with Crippen LogP contribution in [0.5, 0.6) is 0 Å². The molecule has 0 spiro atoms. The summed E-state index contributed by atoms with van der Waals surface area (Å²) >= 11 is 2.27. The Labute approximate surface area is 175 Å². The van der Waals surface area contributed by atoms with E-state index in [0.29, 0.717) is 31.3 Å². The molecule has 3 rings (SSSR count). The lowest BCUT2D eigenvalue weighted by Crippen LogP contribution is -2.19. The number of nitrogens with one attached hydrogen (secondary N) is 1. The number of methoxy groups -OCH3 is 1. The number of rotatable bonds is 5. The number of nitrogens with zero attached hydrogens (tertiary/aromatic N) is 2. The van der Waals surface area contributed by atoms with Crippen LogP contribution in [0.4, 0.5) is 5.13 Å². The van der Waals surface area contributed by atoms with Crippen LogP contribution in [0.2, 0.25) is 0 Å². The molecular weight excluding hydrogens is 414 g/mol. The van der Waals surface area contributed by atoms with Crippen molar-refractivity contribution in [3.05, 3.63) is 50.9 Å². The Bertz CT molecular complexity index is 1020. The van der Waals surface area contributed by atoms with E-state index in [2.05, 4.69) is 20.0 Å². The Hall–Kier alpha value is -2.98. The molecule has 1 amide bonds. The van der Waals surface area contributed by atoms with Gasteiger partial charge in [-0.1, -0.05) is 23.5 Å². The van der Waals surface area contributed by atoms with Gasteiger partial charge in [-0.15, -0.1) is 0 Å². The Morgan fingerprint density at radius 1 is 1.24 bits per heavy atom. The quantitative estimate of drug-likeness (QED) is 0.572. The van der Waals surface area contributed by atoms with Crippen LogP contribution in [0.3, 0.4) is 0 Å². The summed E-state index contributed by atoms with van der Waals surface area (Å²) in [5.41, 5.74) is 1.71. The van der Waals surface area contributed by atoms with Gasteiger partial charge >= 0.3 is 11.9 Å². The van der Waals surface area contributed by atoms with Gasteiger partial charge in [0.2, 0.25) is 5.13 Å². The normalized spacial score (nSPS) is 16.2. The number of thiazole rings is 1. The van der Waals surface area contributed by atoms with Gasteiger partial charge in [-0.2, -0.15) is 4.99 Å². The summed E-state index contributed by atoms with van der Waals surface area (Å²) in [6, 6.07) is 6.69. The van der Waals surface area contributed by atoms with Gasteiger partial charge in [-0.05, 0) is 49.4 Å². The van der Waals surface area contributed by atoms with Gasteiger partial charge in [0.05, 0.1) is 29.9 Å². The highest BCUT2D eigenvalue weighted by atomic mass is 32.2. The van der Waals surface area contributed by atoms with Crippen LogP contribution in [0.25, 0.3) is 6.08 Å². The molecule has 150 valence electrons. The highest BCUT2D eigenvalue weighted by molar-refractivity contribution is 8.18. The third kappa shape index (κ3) is 4.90. The Morgan fingerprint density at radius 2 is 1.97 bits per heavy atom. The molecule has 29 heavy (non-hydrogen) atoms. The van der Waals surface area contributed by atoms with E-state index in [4.69, 9.17) is 4.74 Å². The van der Waals surface area contributed by atoms with Gasteiger partial charge in [-0.25, -0.2) is 14.6 Å². The lowest BCUT2D eigenvalue weighted by atomic mass is 10.1. The second kappa shape index (κ2) is 9.01.